The lowest BCUT2D eigenvalue weighted by atomic mass is 9.84. The van der Waals surface area contributed by atoms with Gasteiger partial charge in [0.25, 0.3) is 0 Å². The number of piperazine rings is 1. The highest BCUT2D eigenvalue weighted by Gasteiger charge is 2.54. The fourth-order valence-electron chi connectivity index (χ4n) is 5.49. The van der Waals surface area contributed by atoms with Crippen LogP contribution in [0.25, 0.3) is 0 Å². The SMILES string of the molecule is O=C(NC1CN(S(=O)(=O)c2ccc(Cl)cc2Cl)C2CN(CCO)C(=O)C(Cc3ccc(Cl)cc3)N2C1=O)C1CCC1. The molecule has 3 fully saturated rings. The number of amides is 3. The molecule has 3 atom stereocenters. The van der Waals surface area contributed by atoms with Crippen molar-refractivity contribution in [2.75, 3.05) is 26.2 Å². The summed E-state index contributed by atoms with van der Waals surface area (Å²) in [4.78, 5) is 43.0. The monoisotopic (exact) mass is 642 g/mol. The standard InChI is InChI=1S/C27H29Cl3N4O6S/c28-18-6-4-16(5-7-18)12-22-27(38)32(10-11-35)15-24-33(41(39,40)23-9-8-19(29)13-20(23)30)14-21(26(37)34(22)24)31-25(36)17-2-1-3-17/h4-9,13,17,21-22,24,35H,1-3,10-12,14-15H2,(H,31,36). The molecule has 0 radical (unpaired) electrons. The Hall–Kier alpha value is -2.41. The van der Waals surface area contributed by atoms with Crippen LogP contribution in [-0.4, -0.2) is 89.8 Å². The molecule has 1 saturated carbocycles. The molecule has 0 aromatic heterocycles. The van der Waals surface area contributed by atoms with Crippen LogP contribution in [0.4, 0.5) is 0 Å². The number of sulfonamides is 1. The quantitative estimate of drug-likeness (QED) is 0.455. The van der Waals surface area contributed by atoms with Crippen LogP contribution >= 0.6 is 34.8 Å². The summed E-state index contributed by atoms with van der Waals surface area (Å²) < 4.78 is 29.4. The Bertz CT molecular complexity index is 1450. The zero-order chi connectivity index (χ0) is 29.5. The molecule has 2 aromatic carbocycles. The summed E-state index contributed by atoms with van der Waals surface area (Å²) in [6.07, 6.45) is 1.24. The second-order valence-corrected chi connectivity index (χ2v) is 13.6. The summed E-state index contributed by atoms with van der Waals surface area (Å²) in [6.45, 7) is -0.924. The number of carbonyl (C=O) groups excluding carboxylic acids is 3. The van der Waals surface area contributed by atoms with E-state index in [-0.39, 0.29) is 59.4 Å². The van der Waals surface area contributed by atoms with Gasteiger partial charge in [-0.3, -0.25) is 14.4 Å². The van der Waals surface area contributed by atoms with Crippen molar-refractivity contribution in [2.24, 2.45) is 5.92 Å². The van der Waals surface area contributed by atoms with Gasteiger partial charge in [-0.2, -0.15) is 4.31 Å². The van der Waals surface area contributed by atoms with Crippen LogP contribution in [-0.2, 0) is 30.8 Å². The lowest BCUT2D eigenvalue weighted by molar-refractivity contribution is -0.168. The predicted molar refractivity (Wildman–Crippen MR) is 153 cm³/mol. The van der Waals surface area contributed by atoms with E-state index >= 15 is 0 Å². The zero-order valence-corrected chi connectivity index (χ0v) is 25.0. The van der Waals surface area contributed by atoms with Crippen LogP contribution in [0, 0.1) is 5.92 Å². The Kier molecular flexibility index (Phi) is 8.84. The molecule has 2 aromatic rings. The van der Waals surface area contributed by atoms with Gasteiger partial charge in [0.15, 0.2) is 0 Å². The summed E-state index contributed by atoms with van der Waals surface area (Å²) in [6, 6.07) is 8.44. The molecule has 14 heteroatoms. The van der Waals surface area contributed by atoms with Gasteiger partial charge in [0, 0.05) is 35.5 Å². The minimum absolute atomic E-state index is 0.0497. The second-order valence-electron chi connectivity index (χ2n) is 10.4. The number of rotatable bonds is 8. The maximum Gasteiger partial charge on any atom is 0.248 e. The first kappa shape index (κ1) is 30.1. The Balaban J connectivity index is 1.58. The number of halogens is 3. The number of aliphatic hydroxyl groups excluding tert-OH is 1. The van der Waals surface area contributed by atoms with Crippen molar-refractivity contribution >= 4 is 62.5 Å². The average Bonchev–Trinajstić information content (AvgIpc) is 2.88. The van der Waals surface area contributed by atoms with E-state index in [9.17, 15) is 27.9 Å². The van der Waals surface area contributed by atoms with Crippen LogP contribution in [0.3, 0.4) is 0 Å². The first-order chi connectivity index (χ1) is 19.5. The summed E-state index contributed by atoms with van der Waals surface area (Å²) in [5, 5.41) is 13.1. The fourth-order valence-corrected chi connectivity index (χ4v) is 7.95. The van der Waals surface area contributed by atoms with E-state index < -0.39 is 40.1 Å². The number of benzene rings is 2. The maximum absolute atomic E-state index is 14.1. The van der Waals surface area contributed by atoms with Crippen LogP contribution in [0.5, 0.6) is 0 Å². The number of β-amino-alcohol motifs (C(OH)–C–C–N with tert-alkyl or cyclic N) is 1. The number of aliphatic hydroxyl groups is 1. The molecule has 1 aliphatic carbocycles. The second kappa shape index (κ2) is 12.1. The molecule has 2 saturated heterocycles. The largest absolute Gasteiger partial charge is 0.395 e. The first-order valence-electron chi connectivity index (χ1n) is 13.2. The van der Waals surface area contributed by atoms with Gasteiger partial charge in [0.2, 0.25) is 27.7 Å². The molecular weight excluding hydrogens is 615 g/mol. The molecule has 2 aliphatic heterocycles. The smallest absolute Gasteiger partial charge is 0.248 e. The normalized spacial score (nSPS) is 23.8. The highest BCUT2D eigenvalue weighted by Crippen LogP contribution is 2.35. The van der Waals surface area contributed by atoms with Crippen LogP contribution in [0.1, 0.15) is 24.8 Å². The van der Waals surface area contributed by atoms with Gasteiger partial charge in [-0.15, -0.1) is 0 Å². The van der Waals surface area contributed by atoms with Crippen LogP contribution in [0.2, 0.25) is 15.1 Å². The van der Waals surface area contributed by atoms with Gasteiger partial charge in [-0.1, -0.05) is 53.4 Å². The van der Waals surface area contributed by atoms with Gasteiger partial charge >= 0.3 is 0 Å². The minimum atomic E-state index is -4.36. The number of hydrogen-bond donors (Lipinski definition) is 2. The number of nitrogens with one attached hydrogen (secondary N) is 1. The molecule has 220 valence electrons. The molecule has 5 rings (SSSR count). The van der Waals surface area contributed by atoms with E-state index in [2.05, 4.69) is 5.32 Å². The third kappa shape index (κ3) is 5.93. The summed E-state index contributed by atoms with van der Waals surface area (Å²) in [5.41, 5.74) is 0.695. The number of hydrogen-bond acceptors (Lipinski definition) is 6. The van der Waals surface area contributed by atoms with E-state index in [1.807, 2.05) is 0 Å². The van der Waals surface area contributed by atoms with Crippen molar-refractivity contribution in [3.8, 4) is 0 Å². The van der Waals surface area contributed by atoms with E-state index in [4.69, 9.17) is 34.8 Å². The highest BCUT2D eigenvalue weighted by atomic mass is 35.5. The van der Waals surface area contributed by atoms with Crippen molar-refractivity contribution in [1.82, 2.24) is 19.4 Å². The molecule has 41 heavy (non-hydrogen) atoms. The third-order valence-corrected chi connectivity index (χ3v) is 10.7. The molecule has 10 nitrogen and oxygen atoms in total. The predicted octanol–water partition coefficient (Wildman–Crippen LogP) is 2.54. The lowest BCUT2D eigenvalue weighted by Gasteiger charge is -2.53. The highest BCUT2D eigenvalue weighted by molar-refractivity contribution is 7.89. The fraction of sp³-hybridized carbons (Fsp3) is 0.444. The molecule has 3 unspecified atom stereocenters. The summed E-state index contributed by atoms with van der Waals surface area (Å²) >= 11 is 18.4. The van der Waals surface area contributed by atoms with Crippen molar-refractivity contribution in [2.45, 2.75) is 48.8 Å². The van der Waals surface area contributed by atoms with E-state index in [0.29, 0.717) is 23.4 Å². The Morgan fingerprint density at radius 2 is 1.66 bits per heavy atom. The number of nitrogens with zero attached hydrogens (tertiary/aromatic N) is 3. The van der Waals surface area contributed by atoms with Gasteiger partial charge in [0.1, 0.15) is 23.1 Å². The first-order valence-corrected chi connectivity index (χ1v) is 15.8. The molecule has 2 heterocycles. The van der Waals surface area contributed by atoms with Gasteiger partial charge in [-0.25, -0.2) is 8.42 Å². The molecule has 0 bridgehead atoms. The van der Waals surface area contributed by atoms with Gasteiger partial charge < -0.3 is 20.2 Å². The number of fused-ring (bicyclic) bond motifs is 1. The topological polar surface area (TPSA) is 127 Å². The molecule has 2 N–H and O–H groups in total. The third-order valence-electron chi connectivity index (χ3n) is 7.87. The lowest BCUT2D eigenvalue weighted by Crippen LogP contribution is -2.76. The Labute approximate surface area is 253 Å². The van der Waals surface area contributed by atoms with Gasteiger partial charge in [-0.05, 0) is 48.7 Å². The van der Waals surface area contributed by atoms with E-state index in [0.717, 1.165) is 10.7 Å². The van der Waals surface area contributed by atoms with Crippen molar-refractivity contribution in [3.05, 3.63) is 63.1 Å². The van der Waals surface area contributed by atoms with Crippen LogP contribution < -0.4 is 5.32 Å². The molecule has 0 spiro atoms. The number of carbonyl (C=O) groups is 3. The van der Waals surface area contributed by atoms with E-state index in [1.165, 1.54) is 28.0 Å². The van der Waals surface area contributed by atoms with Crippen molar-refractivity contribution in [1.29, 1.82) is 0 Å². The summed E-state index contributed by atoms with van der Waals surface area (Å²) in [7, 11) is -4.36. The Morgan fingerprint density at radius 3 is 2.27 bits per heavy atom. The summed E-state index contributed by atoms with van der Waals surface area (Å²) in [5.74, 6) is -1.56. The van der Waals surface area contributed by atoms with Crippen LogP contribution in [0.15, 0.2) is 47.4 Å². The van der Waals surface area contributed by atoms with Crippen molar-refractivity contribution in [3.63, 3.8) is 0 Å². The molecular formula is C27H29Cl3N4O6S. The minimum Gasteiger partial charge on any atom is -0.395 e. The molecule has 3 amide bonds. The van der Waals surface area contributed by atoms with Crippen molar-refractivity contribution < 1.29 is 27.9 Å². The molecule has 3 aliphatic rings. The average molecular weight is 644 g/mol. The Morgan fingerprint density at radius 1 is 0.976 bits per heavy atom. The van der Waals surface area contributed by atoms with E-state index in [1.54, 1.807) is 24.3 Å². The zero-order valence-electron chi connectivity index (χ0n) is 21.9. The van der Waals surface area contributed by atoms with Gasteiger partial charge in [0.05, 0.1) is 18.2 Å². The maximum atomic E-state index is 14.1.